The Labute approximate surface area is 169 Å². The fourth-order valence-electron chi connectivity index (χ4n) is 1.84. The Hall–Kier alpha value is -1.24. The van der Waals surface area contributed by atoms with E-state index in [9.17, 15) is 0 Å². The standard InChI is InChI=1S/C8H5Cl2N3.C8H7Cl2NS/c9-6-1-5(2-7(10)3-6)8-11-4-12-13-8;1-12-8(11)5-2-6(9)4-7(10)3-5/h1-4H,(H,11,12,13);2-4,11H,1H3. The zero-order valence-electron chi connectivity index (χ0n) is 12.9. The minimum atomic E-state index is 0.472. The van der Waals surface area contributed by atoms with Gasteiger partial charge in [-0.05, 0) is 42.7 Å². The Kier molecular flexibility index (Phi) is 7.59. The highest BCUT2D eigenvalue weighted by Gasteiger charge is 2.03. The summed E-state index contributed by atoms with van der Waals surface area (Å²) < 4.78 is 0. The van der Waals surface area contributed by atoms with E-state index >= 15 is 0 Å². The summed E-state index contributed by atoms with van der Waals surface area (Å²) >= 11 is 24.5. The van der Waals surface area contributed by atoms with Crippen LogP contribution in [-0.4, -0.2) is 26.5 Å². The van der Waals surface area contributed by atoms with Gasteiger partial charge in [-0.15, -0.1) is 11.8 Å². The molecule has 4 nitrogen and oxygen atoms in total. The van der Waals surface area contributed by atoms with Crippen molar-refractivity contribution >= 4 is 63.2 Å². The average molecular weight is 434 g/mol. The third-order valence-electron chi connectivity index (χ3n) is 2.88. The van der Waals surface area contributed by atoms with E-state index < -0.39 is 0 Å². The first-order valence-electron chi connectivity index (χ1n) is 6.80. The van der Waals surface area contributed by atoms with Gasteiger partial charge in [0.25, 0.3) is 0 Å². The van der Waals surface area contributed by atoms with Gasteiger partial charge in [-0.2, -0.15) is 5.10 Å². The van der Waals surface area contributed by atoms with Gasteiger partial charge < -0.3 is 0 Å². The highest BCUT2D eigenvalue weighted by Crippen LogP contribution is 2.24. The van der Waals surface area contributed by atoms with Crippen LogP contribution in [0, 0.1) is 5.41 Å². The molecule has 0 aliphatic carbocycles. The summed E-state index contributed by atoms with van der Waals surface area (Å²) in [6.07, 6.45) is 3.28. The van der Waals surface area contributed by atoms with Crippen molar-refractivity contribution in [1.29, 1.82) is 5.41 Å². The van der Waals surface area contributed by atoms with E-state index in [1.807, 2.05) is 6.26 Å². The van der Waals surface area contributed by atoms with Gasteiger partial charge in [0, 0.05) is 31.2 Å². The highest BCUT2D eigenvalue weighted by molar-refractivity contribution is 8.13. The number of aromatic amines is 1. The first-order chi connectivity index (χ1) is 11.9. The Bertz CT molecular complexity index is 828. The van der Waals surface area contributed by atoms with Crippen molar-refractivity contribution in [3.8, 4) is 11.4 Å². The molecule has 3 rings (SSSR count). The predicted molar refractivity (Wildman–Crippen MR) is 109 cm³/mol. The zero-order chi connectivity index (χ0) is 18.4. The molecule has 0 aliphatic rings. The first-order valence-corrected chi connectivity index (χ1v) is 9.53. The van der Waals surface area contributed by atoms with Gasteiger partial charge in [0.1, 0.15) is 6.33 Å². The van der Waals surface area contributed by atoms with E-state index in [1.54, 1.807) is 36.4 Å². The lowest BCUT2D eigenvalue weighted by Gasteiger charge is -2.01. The van der Waals surface area contributed by atoms with Crippen molar-refractivity contribution in [2.45, 2.75) is 0 Å². The minimum absolute atomic E-state index is 0.472. The van der Waals surface area contributed by atoms with Crippen LogP contribution < -0.4 is 0 Å². The largest absolute Gasteiger partial charge is 0.293 e. The molecule has 1 aromatic heterocycles. The number of nitrogens with one attached hydrogen (secondary N) is 2. The summed E-state index contributed by atoms with van der Waals surface area (Å²) in [6.45, 7) is 0. The molecule has 0 bridgehead atoms. The second-order valence-electron chi connectivity index (χ2n) is 4.68. The molecule has 0 saturated heterocycles. The number of rotatable bonds is 2. The average Bonchev–Trinajstić information content (AvgIpc) is 3.07. The quantitative estimate of drug-likeness (QED) is 0.360. The van der Waals surface area contributed by atoms with Crippen molar-refractivity contribution in [3.05, 3.63) is 68.4 Å². The lowest BCUT2D eigenvalue weighted by molar-refractivity contribution is 1.10. The minimum Gasteiger partial charge on any atom is -0.293 e. The van der Waals surface area contributed by atoms with E-state index in [0.29, 0.717) is 31.0 Å². The fourth-order valence-corrected chi connectivity index (χ4v) is 3.24. The summed E-state index contributed by atoms with van der Waals surface area (Å²) in [6, 6.07) is 10.3. The van der Waals surface area contributed by atoms with Gasteiger partial charge in [-0.1, -0.05) is 46.4 Å². The topological polar surface area (TPSA) is 65.4 Å². The molecule has 0 unspecified atom stereocenters. The summed E-state index contributed by atoms with van der Waals surface area (Å²) in [5.41, 5.74) is 1.59. The smallest absolute Gasteiger partial charge is 0.155 e. The Morgan fingerprint density at radius 2 is 1.44 bits per heavy atom. The molecule has 3 aromatic rings. The molecule has 130 valence electrons. The van der Waals surface area contributed by atoms with E-state index in [4.69, 9.17) is 51.8 Å². The maximum absolute atomic E-state index is 7.52. The number of nitrogens with zero attached hydrogens (tertiary/aromatic N) is 2. The van der Waals surface area contributed by atoms with Gasteiger partial charge in [-0.3, -0.25) is 10.5 Å². The van der Waals surface area contributed by atoms with Crippen LogP contribution in [0.15, 0.2) is 42.7 Å². The molecular formula is C16H12Cl4N4S. The van der Waals surface area contributed by atoms with Gasteiger partial charge >= 0.3 is 0 Å². The normalized spacial score (nSPS) is 10.1. The van der Waals surface area contributed by atoms with Crippen molar-refractivity contribution in [2.24, 2.45) is 0 Å². The molecular weight excluding hydrogens is 422 g/mol. The van der Waals surface area contributed by atoms with Crippen LogP contribution >= 0.6 is 58.2 Å². The van der Waals surface area contributed by atoms with Crippen molar-refractivity contribution in [3.63, 3.8) is 0 Å². The Morgan fingerprint density at radius 3 is 1.88 bits per heavy atom. The number of halogens is 4. The van der Waals surface area contributed by atoms with Crippen molar-refractivity contribution in [1.82, 2.24) is 15.2 Å². The first kappa shape index (κ1) is 20.1. The lowest BCUT2D eigenvalue weighted by atomic mass is 10.2. The third kappa shape index (κ3) is 6.20. The summed E-state index contributed by atoms with van der Waals surface area (Å²) in [4.78, 5) is 3.98. The maximum atomic E-state index is 7.52. The second-order valence-corrected chi connectivity index (χ2v) is 7.25. The molecule has 0 atom stereocenters. The van der Waals surface area contributed by atoms with Crippen LogP contribution in [0.4, 0.5) is 0 Å². The molecule has 0 amide bonds. The number of hydrogen-bond acceptors (Lipinski definition) is 4. The summed E-state index contributed by atoms with van der Waals surface area (Å²) in [5, 5.41) is 16.8. The van der Waals surface area contributed by atoms with E-state index in [0.717, 1.165) is 11.1 Å². The molecule has 2 aromatic carbocycles. The monoisotopic (exact) mass is 432 g/mol. The van der Waals surface area contributed by atoms with Gasteiger partial charge in [0.2, 0.25) is 0 Å². The number of thioether (sulfide) groups is 1. The van der Waals surface area contributed by atoms with E-state index in [-0.39, 0.29) is 0 Å². The predicted octanol–water partition coefficient (Wildman–Crippen LogP) is 6.46. The van der Waals surface area contributed by atoms with Crippen LogP contribution in [0.25, 0.3) is 11.4 Å². The molecule has 1 heterocycles. The molecule has 0 aliphatic heterocycles. The van der Waals surface area contributed by atoms with Gasteiger partial charge in [0.15, 0.2) is 5.82 Å². The van der Waals surface area contributed by atoms with Crippen molar-refractivity contribution < 1.29 is 0 Å². The van der Waals surface area contributed by atoms with Crippen LogP contribution in [0.5, 0.6) is 0 Å². The molecule has 9 heteroatoms. The Morgan fingerprint density at radius 1 is 0.920 bits per heavy atom. The summed E-state index contributed by atoms with van der Waals surface area (Å²) in [5.74, 6) is 0.657. The molecule has 2 N–H and O–H groups in total. The van der Waals surface area contributed by atoms with Gasteiger partial charge in [0.05, 0.1) is 5.04 Å². The molecule has 0 radical (unpaired) electrons. The molecule has 25 heavy (non-hydrogen) atoms. The molecule has 0 saturated carbocycles. The molecule has 0 spiro atoms. The molecule has 0 fully saturated rings. The van der Waals surface area contributed by atoms with Crippen LogP contribution in [0.2, 0.25) is 20.1 Å². The van der Waals surface area contributed by atoms with E-state index in [1.165, 1.54) is 18.1 Å². The number of H-pyrrole nitrogens is 1. The summed E-state index contributed by atoms with van der Waals surface area (Å²) in [7, 11) is 0. The lowest BCUT2D eigenvalue weighted by Crippen LogP contribution is -1.91. The zero-order valence-corrected chi connectivity index (χ0v) is 16.7. The third-order valence-corrected chi connectivity index (χ3v) is 4.40. The van der Waals surface area contributed by atoms with Crippen LogP contribution in [0.1, 0.15) is 5.56 Å². The van der Waals surface area contributed by atoms with Crippen LogP contribution in [-0.2, 0) is 0 Å². The Balaban J connectivity index is 0.000000181. The second kappa shape index (κ2) is 9.46. The van der Waals surface area contributed by atoms with Gasteiger partial charge in [-0.25, -0.2) is 4.98 Å². The van der Waals surface area contributed by atoms with E-state index in [2.05, 4.69) is 15.2 Å². The van der Waals surface area contributed by atoms with Crippen molar-refractivity contribution in [2.75, 3.05) is 6.26 Å². The number of hydrogen-bond donors (Lipinski definition) is 2. The highest BCUT2D eigenvalue weighted by atomic mass is 35.5. The number of aromatic nitrogens is 3. The maximum Gasteiger partial charge on any atom is 0.155 e. The number of benzene rings is 2. The SMILES string of the molecule is CSC(=N)c1cc(Cl)cc(Cl)c1.Clc1cc(Cl)cc(-c2ncn[nH]2)c1. The van der Waals surface area contributed by atoms with Crippen LogP contribution in [0.3, 0.4) is 0 Å². The fraction of sp³-hybridized carbons (Fsp3) is 0.0625.